The Hall–Kier alpha value is -0.980. The number of halogens is 4. The molecular weight excluding hydrogens is 476 g/mol. The molecule has 1 aliphatic heterocycles. The molecule has 170 valence electrons. The van der Waals surface area contributed by atoms with E-state index in [9.17, 15) is 0 Å². The van der Waals surface area contributed by atoms with E-state index in [4.69, 9.17) is 27.9 Å². The molecule has 1 saturated heterocycles. The van der Waals surface area contributed by atoms with E-state index in [2.05, 4.69) is 45.2 Å². The third kappa shape index (κ3) is 7.00. The number of hydrogen-bond acceptors (Lipinski definition) is 3. The number of morpholine rings is 1. The van der Waals surface area contributed by atoms with Crippen molar-refractivity contribution in [1.29, 1.82) is 0 Å². The van der Waals surface area contributed by atoms with Crippen molar-refractivity contribution in [3.63, 3.8) is 0 Å². The minimum Gasteiger partial charge on any atom is -0.379 e. The minimum atomic E-state index is 0. The Kier molecular flexibility index (Phi) is 10.9. The third-order valence-electron chi connectivity index (χ3n) is 5.47. The standard InChI is InChI=1S/C23H27Cl2N3O.2ClH/c24-20-7-6-18(22(25)14-20)16-28-17-19(21-4-1-2-5-23(21)28)15-26-8-3-9-27-10-12-29-13-11-27;;/h1-2,4-7,14,17,26H,3,8-13,15-16H2;2*1H. The van der Waals surface area contributed by atoms with Crippen LogP contribution in [0.1, 0.15) is 17.5 Å². The molecule has 1 aromatic heterocycles. The van der Waals surface area contributed by atoms with Gasteiger partial charge in [0.2, 0.25) is 0 Å². The summed E-state index contributed by atoms with van der Waals surface area (Å²) in [4.78, 5) is 2.48. The number of rotatable bonds is 8. The number of para-hydroxylation sites is 1. The van der Waals surface area contributed by atoms with Crippen LogP contribution in [-0.2, 0) is 17.8 Å². The van der Waals surface area contributed by atoms with Gasteiger partial charge in [-0.25, -0.2) is 0 Å². The van der Waals surface area contributed by atoms with Crippen LogP contribution in [-0.4, -0.2) is 48.9 Å². The average molecular weight is 505 g/mol. The van der Waals surface area contributed by atoms with Crippen molar-refractivity contribution in [2.24, 2.45) is 0 Å². The summed E-state index contributed by atoms with van der Waals surface area (Å²) in [5.41, 5.74) is 3.61. The van der Waals surface area contributed by atoms with Gasteiger partial charge in [0.25, 0.3) is 0 Å². The first-order chi connectivity index (χ1) is 14.2. The summed E-state index contributed by atoms with van der Waals surface area (Å²) in [6.45, 7) is 7.59. The summed E-state index contributed by atoms with van der Waals surface area (Å²) in [5, 5.41) is 6.28. The summed E-state index contributed by atoms with van der Waals surface area (Å²) < 4.78 is 7.68. The number of benzene rings is 2. The van der Waals surface area contributed by atoms with E-state index in [1.165, 1.54) is 16.5 Å². The van der Waals surface area contributed by atoms with E-state index >= 15 is 0 Å². The Morgan fingerprint density at radius 1 is 0.968 bits per heavy atom. The van der Waals surface area contributed by atoms with Gasteiger partial charge in [-0.3, -0.25) is 4.90 Å². The SMILES string of the molecule is Cl.Cl.Clc1ccc(Cn2cc(CNCCCN3CCOCC3)c3ccccc32)c(Cl)c1. The number of nitrogens with one attached hydrogen (secondary N) is 1. The average Bonchev–Trinajstić information content (AvgIpc) is 3.08. The van der Waals surface area contributed by atoms with Crippen LogP contribution in [0.5, 0.6) is 0 Å². The maximum absolute atomic E-state index is 6.40. The van der Waals surface area contributed by atoms with Crippen molar-refractivity contribution in [1.82, 2.24) is 14.8 Å². The van der Waals surface area contributed by atoms with Gasteiger partial charge in [-0.05, 0) is 48.8 Å². The van der Waals surface area contributed by atoms with Crippen LogP contribution in [0, 0.1) is 0 Å². The molecule has 1 aliphatic rings. The fourth-order valence-corrected chi connectivity index (χ4v) is 4.37. The second-order valence-corrected chi connectivity index (χ2v) is 8.36. The predicted octanol–water partition coefficient (Wildman–Crippen LogP) is 5.65. The highest BCUT2D eigenvalue weighted by molar-refractivity contribution is 6.35. The summed E-state index contributed by atoms with van der Waals surface area (Å²) in [5.74, 6) is 0. The molecule has 0 aliphatic carbocycles. The molecule has 0 amide bonds. The second-order valence-electron chi connectivity index (χ2n) is 7.52. The Balaban J connectivity index is 0.00000171. The molecule has 1 fully saturated rings. The van der Waals surface area contributed by atoms with Crippen LogP contribution < -0.4 is 5.32 Å². The molecule has 3 aromatic rings. The summed E-state index contributed by atoms with van der Waals surface area (Å²) >= 11 is 12.4. The lowest BCUT2D eigenvalue weighted by Gasteiger charge is -2.26. The molecule has 2 aromatic carbocycles. The maximum atomic E-state index is 6.40. The van der Waals surface area contributed by atoms with Gasteiger partial charge >= 0.3 is 0 Å². The molecule has 31 heavy (non-hydrogen) atoms. The predicted molar refractivity (Wildman–Crippen MR) is 136 cm³/mol. The summed E-state index contributed by atoms with van der Waals surface area (Å²) in [6.07, 6.45) is 3.39. The van der Waals surface area contributed by atoms with E-state index in [-0.39, 0.29) is 24.8 Å². The van der Waals surface area contributed by atoms with E-state index in [1.54, 1.807) is 6.07 Å². The highest BCUT2D eigenvalue weighted by Gasteiger charge is 2.11. The molecule has 0 atom stereocenters. The molecule has 0 radical (unpaired) electrons. The zero-order valence-electron chi connectivity index (χ0n) is 17.4. The van der Waals surface area contributed by atoms with Gasteiger partial charge in [-0.15, -0.1) is 24.8 Å². The Morgan fingerprint density at radius 2 is 1.74 bits per heavy atom. The number of ether oxygens (including phenoxy) is 1. The van der Waals surface area contributed by atoms with Crippen molar-refractivity contribution in [3.05, 3.63) is 69.8 Å². The zero-order chi connectivity index (χ0) is 20.1. The van der Waals surface area contributed by atoms with Gasteiger partial charge in [-0.1, -0.05) is 47.5 Å². The Morgan fingerprint density at radius 3 is 2.52 bits per heavy atom. The van der Waals surface area contributed by atoms with Crippen LogP contribution in [0.4, 0.5) is 0 Å². The lowest BCUT2D eigenvalue weighted by atomic mass is 10.2. The fraction of sp³-hybridized carbons (Fsp3) is 0.391. The van der Waals surface area contributed by atoms with Crippen molar-refractivity contribution in [2.75, 3.05) is 39.4 Å². The summed E-state index contributed by atoms with van der Waals surface area (Å²) in [7, 11) is 0. The first-order valence-electron chi connectivity index (χ1n) is 10.2. The summed E-state index contributed by atoms with van der Waals surface area (Å²) in [6, 6.07) is 14.3. The number of hydrogen-bond donors (Lipinski definition) is 1. The number of fused-ring (bicyclic) bond motifs is 1. The van der Waals surface area contributed by atoms with Gasteiger partial charge in [0.15, 0.2) is 0 Å². The van der Waals surface area contributed by atoms with Crippen molar-refractivity contribution in [2.45, 2.75) is 19.5 Å². The molecule has 8 heteroatoms. The molecule has 4 rings (SSSR count). The van der Waals surface area contributed by atoms with Gasteiger partial charge in [-0.2, -0.15) is 0 Å². The van der Waals surface area contributed by atoms with Gasteiger partial charge in [0.05, 0.1) is 13.2 Å². The van der Waals surface area contributed by atoms with Crippen LogP contribution in [0.25, 0.3) is 10.9 Å². The highest BCUT2D eigenvalue weighted by atomic mass is 35.5. The lowest BCUT2D eigenvalue weighted by molar-refractivity contribution is 0.0374. The van der Waals surface area contributed by atoms with E-state index in [0.717, 1.165) is 64.5 Å². The van der Waals surface area contributed by atoms with E-state index in [1.807, 2.05) is 12.1 Å². The first kappa shape index (κ1) is 26.3. The number of aromatic nitrogens is 1. The molecule has 4 nitrogen and oxygen atoms in total. The fourth-order valence-electron chi connectivity index (χ4n) is 3.90. The Bertz CT molecular complexity index is 957. The monoisotopic (exact) mass is 503 g/mol. The van der Waals surface area contributed by atoms with Crippen LogP contribution in [0.3, 0.4) is 0 Å². The minimum absolute atomic E-state index is 0. The third-order valence-corrected chi connectivity index (χ3v) is 6.06. The molecule has 1 N–H and O–H groups in total. The topological polar surface area (TPSA) is 29.4 Å². The molecule has 0 spiro atoms. The van der Waals surface area contributed by atoms with E-state index in [0.29, 0.717) is 10.0 Å². The van der Waals surface area contributed by atoms with Gasteiger partial charge in [0.1, 0.15) is 0 Å². The smallest absolute Gasteiger partial charge is 0.0594 e. The van der Waals surface area contributed by atoms with Crippen LogP contribution in [0.15, 0.2) is 48.7 Å². The Labute approximate surface area is 206 Å². The number of nitrogens with zero attached hydrogens (tertiary/aromatic N) is 2. The zero-order valence-corrected chi connectivity index (χ0v) is 20.5. The van der Waals surface area contributed by atoms with Crippen LogP contribution in [0.2, 0.25) is 10.0 Å². The quantitative estimate of drug-likeness (QED) is 0.402. The van der Waals surface area contributed by atoms with Crippen molar-refractivity contribution >= 4 is 58.9 Å². The highest BCUT2D eigenvalue weighted by Crippen LogP contribution is 2.26. The first-order valence-corrected chi connectivity index (χ1v) is 11.0. The second kappa shape index (κ2) is 12.9. The normalized spacial score (nSPS) is 14.3. The van der Waals surface area contributed by atoms with Gasteiger partial charge in [0, 0.05) is 53.3 Å². The van der Waals surface area contributed by atoms with Gasteiger partial charge < -0.3 is 14.6 Å². The molecular formula is C23H29Cl4N3O. The largest absolute Gasteiger partial charge is 0.379 e. The molecule has 2 heterocycles. The van der Waals surface area contributed by atoms with E-state index < -0.39 is 0 Å². The van der Waals surface area contributed by atoms with Crippen LogP contribution >= 0.6 is 48.0 Å². The molecule has 0 bridgehead atoms. The van der Waals surface area contributed by atoms with Crippen molar-refractivity contribution in [3.8, 4) is 0 Å². The molecule has 0 saturated carbocycles. The molecule has 0 unspecified atom stereocenters. The lowest BCUT2D eigenvalue weighted by Crippen LogP contribution is -2.37. The van der Waals surface area contributed by atoms with Crippen molar-refractivity contribution < 1.29 is 4.74 Å². The maximum Gasteiger partial charge on any atom is 0.0594 e.